The van der Waals surface area contributed by atoms with Crippen LogP contribution in [0.5, 0.6) is 0 Å². The lowest BCUT2D eigenvalue weighted by molar-refractivity contribution is 0.624. The lowest BCUT2D eigenvalue weighted by atomic mass is 10.3. The number of nitrogens with zero attached hydrogens (tertiary/aromatic N) is 4. The van der Waals surface area contributed by atoms with Gasteiger partial charge in [0.25, 0.3) is 0 Å². The van der Waals surface area contributed by atoms with Crippen molar-refractivity contribution in [2.24, 2.45) is 14.1 Å². The van der Waals surface area contributed by atoms with Crippen LogP contribution in [-0.4, -0.2) is 19.6 Å². The van der Waals surface area contributed by atoms with Gasteiger partial charge in [-0.15, -0.1) is 0 Å². The highest BCUT2D eigenvalue weighted by Gasteiger charge is 2.10. The minimum Gasteiger partial charge on any atom is -0.307 e. The third-order valence-corrected chi connectivity index (χ3v) is 3.13. The summed E-state index contributed by atoms with van der Waals surface area (Å²) in [6, 6.07) is 0. The molecule has 0 aliphatic heterocycles. The molecule has 0 atom stereocenters. The molecule has 0 aliphatic carbocycles. The summed E-state index contributed by atoms with van der Waals surface area (Å²) in [6.45, 7) is 3.38. The number of nitrogens with one attached hydrogen (secondary N) is 1. The summed E-state index contributed by atoms with van der Waals surface area (Å²) in [5, 5.41) is 12.5. The van der Waals surface area contributed by atoms with E-state index in [1.165, 1.54) is 0 Å². The molecule has 0 amide bonds. The zero-order valence-corrected chi connectivity index (χ0v) is 11.0. The SMILES string of the molecule is Cc1nn(C)c(CNCc2cnn(C)c2)c1Cl. The molecule has 0 saturated carbocycles. The first-order valence-corrected chi connectivity index (χ1v) is 5.82. The van der Waals surface area contributed by atoms with Gasteiger partial charge in [0.1, 0.15) is 0 Å². The highest BCUT2D eigenvalue weighted by molar-refractivity contribution is 6.31. The highest BCUT2D eigenvalue weighted by Crippen LogP contribution is 2.18. The molecule has 0 unspecified atom stereocenters. The average Bonchev–Trinajstić information content (AvgIpc) is 2.78. The van der Waals surface area contributed by atoms with Crippen molar-refractivity contribution in [1.82, 2.24) is 24.9 Å². The number of aryl methyl sites for hydroxylation is 3. The Morgan fingerprint density at radius 3 is 2.65 bits per heavy atom. The van der Waals surface area contributed by atoms with E-state index in [-0.39, 0.29) is 0 Å². The Kier molecular flexibility index (Phi) is 3.49. The maximum atomic E-state index is 6.16. The monoisotopic (exact) mass is 253 g/mol. The minimum absolute atomic E-state index is 0.699. The number of aromatic nitrogens is 4. The van der Waals surface area contributed by atoms with E-state index in [1.807, 2.05) is 38.1 Å². The predicted octanol–water partition coefficient (Wildman–Crippen LogP) is 1.41. The number of rotatable bonds is 4. The minimum atomic E-state index is 0.699. The first-order valence-electron chi connectivity index (χ1n) is 5.44. The number of hydrogen-bond acceptors (Lipinski definition) is 3. The molecule has 2 heterocycles. The largest absolute Gasteiger partial charge is 0.307 e. The fourth-order valence-corrected chi connectivity index (χ4v) is 1.99. The molecular formula is C11H16ClN5. The molecule has 17 heavy (non-hydrogen) atoms. The van der Waals surface area contributed by atoms with E-state index in [9.17, 15) is 0 Å². The van der Waals surface area contributed by atoms with Crippen LogP contribution in [0.15, 0.2) is 12.4 Å². The summed E-state index contributed by atoms with van der Waals surface area (Å²) in [6.07, 6.45) is 3.84. The predicted molar refractivity (Wildman–Crippen MR) is 66.7 cm³/mol. The summed E-state index contributed by atoms with van der Waals surface area (Å²) >= 11 is 6.16. The molecular weight excluding hydrogens is 238 g/mol. The van der Waals surface area contributed by atoms with Crippen molar-refractivity contribution in [3.8, 4) is 0 Å². The Labute approximate surface area is 105 Å². The molecule has 92 valence electrons. The molecule has 0 spiro atoms. The standard InChI is InChI=1S/C11H16ClN5/c1-8-11(12)10(17(3)15-8)6-13-4-9-5-14-16(2)7-9/h5,7,13H,4,6H2,1-3H3. The van der Waals surface area contributed by atoms with Crippen molar-refractivity contribution >= 4 is 11.6 Å². The number of halogens is 1. The zero-order chi connectivity index (χ0) is 12.4. The molecule has 0 aliphatic rings. The second-order valence-corrected chi connectivity index (χ2v) is 4.47. The highest BCUT2D eigenvalue weighted by atomic mass is 35.5. The summed E-state index contributed by atoms with van der Waals surface area (Å²) < 4.78 is 3.60. The molecule has 6 heteroatoms. The Bertz CT molecular complexity index is 514. The fraction of sp³-hybridized carbons (Fsp3) is 0.455. The normalized spacial score (nSPS) is 11.1. The topological polar surface area (TPSA) is 47.7 Å². The first-order chi connectivity index (χ1) is 8.08. The van der Waals surface area contributed by atoms with Crippen molar-refractivity contribution in [2.45, 2.75) is 20.0 Å². The quantitative estimate of drug-likeness (QED) is 0.896. The van der Waals surface area contributed by atoms with Gasteiger partial charge in [0, 0.05) is 38.9 Å². The average molecular weight is 254 g/mol. The van der Waals surface area contributed by atoms with E-state index in [0.717, 1.165) is 28.5 Å². The second-order valence-electron chi connectivity index (χ2n) is 4.10. The Morgan fingerprint density at radius 2 is 2.12 bits per heavy atom. The second kappa shape index (κ2) is 4.89. The van der Waals surface area contributed by atoms with Crippen LogP contribution in [-0.2, 0) is 27.2 Å². The van der Waals surface area contributed by atoms with Gasteiger partial charge >= 0.3 is 0 Å². The summed E-state index contributed by atoms with van der Waals surface area (Å²) in [4.78, 5) is 0. The Hall–Kier alpha value is -1.33. The lowest BCUT2D eigenvalue weighted by Gasteiger charge is -2.04. The van der Waals surface area contributed by atoms with Crippen LogP contribution < -0.4 is 5.32 Å². The van der Waals surface area contributed by atoms with Gasteiger partial charge in [0.15, 0.2) is 0 Å². The molecule has 0 bridgehead atoms. The summed E-state index contributed by atoms with van der Waals surface area (Å²) in [7, 11) is 3.81. The summed E-state index contributed by atoms with van der Waals surface area (Å²) in [5.41, 5.74) is 3.03. The molecule has 5 nitrogen and oxygen atoms in total. The molecule has 0 saturated heterocycles. The smallest absolute Gasteiger partial charge is 0.0860 e. The van der Waals surface area contributed by atoms with Crippen LogP contribution in [0.3, 0.4) is 0 Å². The maximum Gasteiger partial charge on any atom is 0.0860 e. The molecule has 1 N–H and O–H groups in total. The van der Waals surface area contributed by atoms with E-state index >= 15 is 0 Å². The van der Waals surface area contributed by atoms with Gasteiger partial charge in [0.05, 0.1) is 22.6 Å². The molecule has 2 rings (SSSR count). The van der Waals surface area contributed by atoms with Crippen molar-refractivity contribution in [3.63, 3.8) is 0 Å². The Morgan fingerprint density at radius 1 is 1.35 bits per heavy atom. The van der Waals surface area contributed by atoms with E-state index < -0.39 is 0 Å². The molecule has 0 fully saturated rings. The first kappa shape index (κ1) is 12.1. The van der Waals surface area contributed by atoms with Gasteiger partial charge < -0.3 is 5.32 Å². The van der Waals surface area contributed by atoms with Crippen LogP contribution in [0, 0.1) is 6.92 Å². The van der Waals surface area contributed by atoms with Crippen LogP contribution in [0.1, 0.15) is 17.0 Å². The van der Waals surface area contributed by atoms with Crippen molar-refractivity contribution in [1.29, 1.82) is 0 Å². The van der Waals surface area contributed by atoms with E-state index in [4.69, 9.17) is 11.6 Å². The van der Waals surface area contributed by atoms with Crippen LogP contribution in [0.4, 0.5) is 0 Å². The van der Waals surface area contributed by atoms with Crippen molar-refractivity contribution in [3.05, 3.63) is 34.4 Å². The van der Waals surface area contributed by atoms with Gasteiger partial charge in [0.2, 0.25) is 0 Å². The molecule has 2 aromatic heterocycles. The molecule has 2 aromatic rings. The third-order valence-electron chi connectivity index (χ3n) is 2.64. The third kappa shape index (κ3) is 2.68. The van der Waals surface area contributed by atoms with Crippen LogP contribution in [0.2, 0.25) is 5.02 Å². The number of hydrogen-bond donors (Lipinski definition) is 1. The Balaban J connectivity index is 1.94. The van der Waals surface area contributed by atoms with Crippen LogP contribution in [0.25, 0.3) is 0 Å². The molecule has 0 aromatic carbocycles. The fourth-order valence-electron chi connectivity index (χ4n) is 1.76. The van der Waals surface area contributed by atoms with Crippen molar-refractivity contribution in [2.75, 3.05) is 0 Å². The summed E-state index contributed by atoms with van der Waals surface area (Å²) in [5.74, 6) is 0. The van der Waals surface area contributed by atoms with Crippen LogP contribution >= 0.6 is 11.6 Å². The lowest BCUT2D eigenvalue weighted by Crippen LogP contribution is -2.15. The van der Waals surface area contributed by atoms with Crippen molar-refractivity contribution < 1.29 is 0 Å². The zero-order valence-electron chi connectivity index (χ0n) is 10.2. The molecule has 0 radical (unpaired) electrons. The van der Waals surface area contributed by atoms with Gasteiger partial charge in [-0.3, -0.25) is 9.36 Å². The van der Waals surface area contributed by atoms with E-state index in [2.05, 4.69) is 15.5 Å². The van der Waals surface area contributed by atoms with Gasteiger partial charge in [-0.05, 0) is 6.92 Å². The van der Waals surface area contributed by atoms with E-state index in [1.54, 1.807) is 4.68 Å². The van der Waals surface area contributed by atoms with Gasteiger partial charge in [-0.25, -0.2) is 0 Å². The maximum absolute atomic E-state index is 6.16. The van der Waals surface area contributed by atoms with E-state index in [0.29, 0.717) is 6.54 Å². The van der Waals surface area contributed by atoms with Gasteiger partial charge in [-0.2, -0.15) is 10.2 Å². The van der Waals surface area contributed by atoms with Gasteiger partial charge in [-0.1, -0.05) is 11.6 Å².